The highest BCUT2D eigenvalue weighted by atomic mass is 16.5. The predicted octanol–water partition coefficient (Wildman–Crippen LogP) is -0.169. The molecule has 10 nitrogen and oxygen atoms in total. The molecule has 1 aromatic carbocycles. The van der Waals surface area contributed by atoms with Gasteiger partial charge in [0.05, 0.1) is 11.3 Å². The van der Waals surface area contributed by atoms with Gasteiger partial charge in [-0.1, -0.05) is 6.08 Å². The van der Waals surface area contributed by atoms with E-state index in [4.69, 9.17) is 4.74 Å². The number of nitrogens with zero attached hydrogens (tertiary/aromatic N) is 4. The Hall–Kier alpha value is -3.56. The summed E-state index contributed by atoms with van der Waals surface area (Å²) >= 11 is 0. The van der Waals surface area contributed by atoms with Gasteiger partial charge in [0.1, 0.15) is 6.33 Å². The SMILES string of the molecule is C=CCNC(=O)NC(=O)COC(=O)c1ccc(-n2cnnn2)cc1. The summed E-state index contributed by atoms with van der Waals surface area (Å²) in [5.41, 5.74) is 0.906. The molecule has 3 amide bonds. The lowest BCUT2D eigenvalue weighted by atomic mass is 10.2. The quantitative estimate of drug-likeness (QED) is 0.556. The van der Waals surface area contributed by atoms with E-state index in [1.54, 1.807) is 12.1 Å². The van der Waals surface area contributed by atoms with E-state index >= 15 is 0 Å². The molecular formula is C14H14N6O4. The van der Waals surface area contributed by atoms with Crippen LogP contribution in [0.15, 0.2) is 43.2 Å². The molecule has 0 saturated heterocycles. The zero-order valence-corrected chi connectivity index (χ0v) is 12.5. The van der Waals surface area contributed by atoms with Crippen LogP contribution in [0.3, 0.4) is 0 Å². The van der Waals surface area contributed by atoms with Gasteiger partial charge in [-0.2, -0.15) is 0 Å². The van der Waals surface area contributed by atoms with Gasteiger partial charge in [-0.05, 0) is 34.7 Å². The summed E-state index contributed by atoms with van der Waals surface area (Å²) in [6, 6.07) is 5.56. The topological polar surface area (TPSA) is 128 Å². The van der Waals surface area contributed by atoms with Crippen molar-refractivity contribution in [1.29, 1.82) is 0 Å². The number of nitrogens with one attached hydrogen (secondary N) is 2. The molecule has 10 heteroatoms. The fourth-order valence-corrected chi connectivity index (χ4v) is 1.62. The molecule has 2 aromatic rings. The molecule has 0 spiro atoms. The van der Waals surface area contributed by atoms with Gasteiger partial charge < -0.3 is 10.1 Å². The smallest absolute Gasteiger partial charge is 0.338 e. The van der Waals surface area contributed by atoms with Crippen molar-refractivity contribution in [1.82, 2.24) is 30.8 Å². The van der Waals surface area contributed by atoms with Gasteiger partial charge in [0, 0.05) is 6.54 Å². The van der Waals surface area contributed by atoms with Crippen LogP contribution in [-0.2, 0) is 9.53 Å². The Kier molecular flexibility index (Phi) is 5.72. The molecule has 0 radical (unpaired) electrons. The standard InChI is InChI=1S/C14H14N6O4/c1-2-7-15-14(23)17-12(21)8-24-13(22)10-3-5-11(6-4-10)20-9-16-18-19-20/h2-6,9H,1,7-8H2,(H2,15,17,21,23). The number of imide groups is 1. The Morgan fingerprint density at radius 3 is 2.62 bits per heavy atom. The Labute approximate surface area is 136 Å². The molecule has 0 aliphatic rings. The molecule has 2 rings (SSSR count). The van der Waals surface area contributed by atoms with Crippen LogP contribution < -0.4 is 10.6 Å². The van der Waals surface area contributed by atoms with Gasteiger partial charge in [-0.25, -0.2) is 14.3 Å². The number of esters is 1. The van der Waals surface area contributed by atoms with Crippen molar-refractivity contribution in [2.24, 2.45) is 0 Å². The van der Waals surface area contributed by atoms with Crippen LogP contribution in [0.4, 0.5) is 4.79 Å². The number of amides is 3. The van der Waals surface area contributed by atoms with Crippen LogP contribution in [0.2, 0.25) is 0 Å². The van der Waals surface area contributed by atoms with Crippen LogP contribution in [0.25, 0.3) is 5.69 Å². The molecule has 0 saturated carbocycles. The van der Waals surface area contributed by atoms with E-state index in [1.807, 2.05) is 5.32 Å². The number of urea groups is 1. The summed E-state index contributed by atoms with van der Waals surface area (Å²) in [5.74, 6) is -1.44. The second-order valence-electron chi connectivity index (χ2n) is 4.42. The number of carbonyl (C=O) groups is 3. The number of aromatic nitrogens is 4. The molecule has 1 aromatic heterocycles. The summed E-state index contributed by atoms with van der Waals surface area (Å²) in [6.07, 6.45) is 2.87. The molecule has 0 bridgehead atoms. The maximum atomic E-state index is 11.8. The minimum absolute atomic E-state index is 0.215. The molecule has 24 heavy (non-hydrogen) atoms. The average molecular weight is 330 g/mol. The first-order valence-electron chi connectivity index (χ1n) is 6.79. The summed E-state index contributed by atoms with van der Waals surface area (Å²) in [5, 5.41) is 15.1. The first-order valence-corrected chi connectivity index (χ1v) is 6.79. The molecule has 1 heterocycles. The van der Waals surface area contributed by atoms with Crippen LogP contribution in [0.5, 0.6) is 0 Å². The van der Waals surface area contributed by atoms with Crippen molar-refractivity contribution in [2.45, 2.75) is 0 Å². The van der Waals surface area contributed by atoms with Crippen molar-refractivity contribution < 1.29 is 19.1 Å². The van der Waals surface area contributed by atoms with Gasteiger partial charge in [-0.3, -0.25) is 10.1 Å². The number of hydrogen-bond donors (Lipinski definition) is 2. The average Bonchev–Trinajstić information content (AvgIpc) is 3.12. The van der Waals surface area contributed by atoms with Gasteiger partial charge >= 0.3 is 12.0 Å². The molecule has 0 fully saturated rings. The zero-order chi connectivity index (χ0) is 17.4. The maximum absolute atomic E-state index is 11.8. The van der Waals surface area contributed by atoms with Crippen LogP contribution in [-0.4, -0.2) is 51.3 Å². The van der Waals surface area contributed by atoms with Crippen LogP contribution >= 0.6 is 0 Å². The van der Waals surface area contributed by atoms with E-state index in [2.05, 4.69) is 27.4 Å². The van der Waals surface area contributed by atoms with Crippen LogP contribution in [0, 0.1) is 0 Å². The molecule has 124 valence electrons. The molecule has 0 aliphatic heterocycles. The largest absolute Gasteiger partial charge is 0.452 e. The summed E-state index contributed by atoms with van der Waals surface area (Å²) in [7, 11) is 0. The maximum Gasteiger partial charge on any atom is 0.338 e. The summed E-state index contributed by atoms with van der Waals surface area (Å²) < 4.78 is 6.25. The minimum Gasteiger partial charge on any atom is -0.452 e. The third kappa shape index (κ3) is 4.73. The molecule has 0 aliphatic carbocycles. The number of hydrogen-bond acceptors (Lipinski definition) is 7. The molecule has 0 atom stereocenters. The fraction of sp³-hybridized carbons (Fsp3) is 0.143. The van der Waals surface area contributed by atoms with Gasteiger partial charge in [0.15, 0.2) is 6.61 Å². The Bertz CT molecular complexity index is 726. The first kappa shape index (κ1) is 16.8. The Morgan fingerprint density at radius 2 is 2.00 bits per heavy atom. The predicted molar refractivity (Wildman–Crippen MR) is 81.2 cm³/mol. The summed E-state index contributed by atoms with van der Waals surface area (Å²) in [6.45, 7) is 3.06. The highest BCUT2D eigenvalue weighted by Crippen LogP contribution is 2.08. The summed E-state index contributed by atoms with van der Waals surface area (Å²) in [4.78, 5) is 34.5. The lowest BCUT2D eigenvalue weighted by Crippen LogP contribution is -2.41. The van der Waals surface area contributed by atoms with E-state index in [0.717, 1.165) is 0 Å². The highest BCUT2D eigenvalue weighted by Gasteiger charge is 2.12. The number of carbonyl (C=O) groups excluding carboxylic acids is 3. The molecule has 2 N–H and O–H groups in total. The van der Waals surface area contributed by atoms with Gasteiger partial charge in [-0.15, -0.1) is 11.7 Å². The van der Waals surface area contributed by atoms with Crippen molar-refractivity contribution in [3.05, 3.63) is 48.8 Å². The van der Waals surface area contributed by atoms with E-state index in [1.165, 1.54) is 29.2 Å². The number of benzene rings is 1. The van der Waals surface area contributed by atoms with Gasteiger partial charge in [0.2, 0.25) is 0 Å². The normalized spacial score (nSPS) is 9.83. The monoisotopic (exact) mass is 330 g/mol. The minimum atomic E-state index is -0.741. The van der Waals surface area contributed by atoms with E-state index in [-0.39, 0.29) is 12.1 Å². The van der Waals surface area contributed by atoms with Gasteiger partial charge in [0.25, 0.3) is 5.91 Å². The lowest BCUT2D eigenvalue weighted by Gasteiger charge is -2.06. The molecule has 0 unspecified atom stereocenters. The van der Waals surface area contributed by atoms with Crippen molar-refractivity contribution in [3.8, 4) is 5.69 Å². The van der Waals surface area contributed by atoms with E-state index in [0.29, 0.717) is 5.69 Å². The number of ether oxygens (including phenoxy) is 1. The van der Waals surface area contributed by atoms with Crippen LogP contribution in [0.1, 0.15) is 10.4 Å². The zero-order valence-electron chi connectivity index (χ0n) is 12.5. The first-order chi connectivity index (χ1) is 11.6. The molecular weight excluding hydrogens is 316 g/mol. The third-order valence-electron chi connectivity index (χ3n) is 2.71. The second-order valence-corrected chi connectivity index (χ2v) is 4.42. The lowest BCUT2D eigenvalue weighted by molar-refractivity contribution is -0.123. The van der Waals surface area contributed by atoms with Crippen molar-refractivity contribution >= 4 is 17.9 Å². The van der Waals surface area contributed by atoms with Crippen molar-refractivity contribution in [3.63, 3.8) is 0 Å². The number of rotatable bonds is 6. The van der Waals surface area contributed by atoms with E-state index in [9.17, 15) is 14.4 Å². The highest BCUT2D eigenvalue weighted by molar-refractivity contribution is 5.97. The Morgan fingerprint density at radius 1 is 1.25 bits per heavy atom. The number of tetrazole rings is 1. The fourth-order valence-electron chi connectivity index (χ4n) is 1.62. The Balaban J connectivity index is 1.83. The van der Waals surface area contributed by atoms with E-state index < -0.39 is 24.5 Å². The third-order valence-corrected chi connectivity index (χ3v) is 2.71. The second kappa shape index (κ2) is 8.17. The van der Waals surface area contributed by atoms with Crippen molar-refractivity contribution in [2.75, 3.05) is 13.2 Å².